The molecule has 128 valence electrons. The summed E-state index contributed by atoms with van der Waals surface area (Å²) >= 11 is 0. The highest BCUT2D eigenvalue weighted by Gasteiger charge is 2.39. The molecule has 0 radical (unpaired) electrons. The van der Waals surface area contributed by atoms with Crippen LogP contribution in [0.1, 0.15) is 12.8 Å². The van der Waals surface area contributed by atoms with Crippen molar-refractivity contribution in [3.63, 3.8) is 0 Å². The highest BCUT2D eigenvalue weighted by Crippen LogP contribution is 2.23. The number of amides is 1. The molecule has 1 heterocycles. The highest BCUT2D eigenvalue weighted by molar-refractivity contribution is 5.85. The Hall–Kier alpha value is -2.11. The Balaban J connectivity index is 1.49. The fraction of sp³-hybridized carbons (Fsp3) is 0.421. The van der Waals surface area contributed by atoms with Crippen LogP contribution in [0, 0.1) is 0 Å². The fourth-order valence-corrected chi connectivity index (χ4v) is 3.11. The van der Waals surface area contributed by atoms with Crippen molar-refractivity contribution in [3.8, 4) is 5.75 Å². The summed E-state index contributed by atoms with van der Waals surface area (Å²) in [5.41, 5.74) is -0.700. The number of hydrogen-bond donors (Lipinski definition) is 2. The van der Waals surface area contributed by atoms with E-state index in [2.05, 4.69) is 22.8 Å². The van der Waals surface area contributed by atoms with E-state index in [1.807, 2.05) is 30.3 Å². The van der Waals surface area contributed by atoms with Gasteiger partial charge in [0, 0.05) is 7.11 Å². The first-order valence-corrected chi connectivity index (χ1v) is 8.39. The number of benzene rings is 2. The van der Waals surface area contributed by atoms with Crippen molar-refractivity contribution in [2.45, 2.75) is 18.4 Å². The lowest BCUT2D eigenvalue weighted by Gasteiger charge is -2.34. The van der Waals surface area contributed by atoms with Crippen molar-refractivity contribution in [3.05, 3.63) is 42.5 Å². The summed E-state index contributed by atoms with van der Waals surface area (Å²) in [7, 11) is 1.61. The van der Waals surface area contributed by atoms with Crippen molar-refractivity contribution < 1.29 is 14.3 Å². The first kappa shape index (κ1) is 16.7. The third-order valence-electron chi connectivity index (χ3n) is 4.59. The smallest absolute Gasteiger partial charge is 0.252 e. The van der Waals surface area contributed by atoms with Crippen LogP contribution in [-0.2, 0) is 9.53 Å². The topological polar surface area (TPSA) is 59.6 Å². The van der Waals surface area contributed by atoms with Crippen LogP contribution in [0.3, 0.4) is 0 Å². The number of ether oxygens (including phenoxy) is 2. The molecule has 1 saturated heterocycles. The van der Waals surface area contributed by atoms with E-state index >= 15 is 0 Å². The zero-order chi connectivity index (χ0) is 16.8. The number of fused-ring (bicyclic) bond motifs is 1. The quantitative estimate of drug-likeness (QED) is 0.798. The molecule has 0 aliphatic carbocycles. The minimum atomic E-state index is -0.700. The van der Waals surface area contributed by atoms with Gasteiger partial charge in [-0.3, -0.25) is 4.79 Å². The van der Waals surface area contributed by atoms with Crippen LogP contribution in [0.2, 0.25) is 0 Å². The van der Waals surface area contributed by atoms with Crippen LogP contribution in [0.4, 0.5) is 0 Å². The van der Waals surface area contributed by atoms with Gasteiger partial charge in [0.05, 0.1) is 6.54 Å². The number of piperidine rings is 1. The zero-order valence-electron chi connectivity index (χ0n) is 14.0. The van der Waals surface area contributed by atoms with E-state index in [0.717, 1.165) is 24.2 Å². The van der Waals surface area contributed by atoms with Crippen LogP contribution in [0.25, 0.3) is 10.8 Å². The maximum absolute atomic E-state index is 12.4. The summed E-state index contributed by atoms with van der Waals surface area (Å²) in [6, 6.07) is 14.2. The highest BCUT2D eigenvalue weighted by atomic mass is 16.5. The molecule has 3 rings (SSSR count). The van der Waals surface area contributed by atoms with E-state index in [9.17, 15) is 4.79 Å². The molecule has 1 aliphatic rings. The molecular weight excluding hydrogens is 304 g/mol. The second-order valence-electron chi connectivity index (χ2n) is 6.06. The molecule has 5 nitrogen and oxygen atoms in total. The molecular formula is C19H24N2O3. The van der Waals surface area contributed by atoms with Gasteiger partial charge in [0.2, 0.25) is 0 Å². The number of carbonyl (C=O) groups excluding carboxylic acids is 1. The van der Waals surface area contributed by atoms with Crippen LogP contribution in [0.5, 0.6) is 5.75 Å². The molecule has 0 spiro atoms. The summed E-state index contributed by atoms with van der Waals surface area (Å²) in [6.45, 7) is 2.50. The van der Waals surface area contributed by atoms with E-state index < -0.39 is 5.60 Å². The molecule has 1 fully saturated rings. The van der Waals surface area contributed by atoms with Crippen molar-refractivity contribution in [2.75, 3.05) is 33.4 Å². The molecule has 2 aromatic carbocycles. The van der Waals surface area contributed by atoms with E-state index in [4.69, 9.17) is 9.47 Å². The average molecular weight is 328 g/mol. The van der Waals surface area contributed by atoms with Crippen LogP contribution >= 0.6 is 0 Å². The minimum Gasteiger partial charge on any atom is -0.492 e. The Morgan fingerprint density at radius 2 is 1.92 bits per heavy atom. The van der Waals surface area contributed by atoms with E-state index in [1.165, 1.54) is 5.39 Å². The summed E-state index contributed by atoms with van der Waals surface area (Å²) in [5.74, 6) is 0.764. The van der Waals surface area contributed by atoms with Crippen molar-refractivity contribution in [1.29, 1.82) is 0 Å². The van der Waals surface area contributed by atoms with Crippen LogP contribution in [0.15, 0.2) is 42.5 Å². The van der Waals surface area contributed by atoms with Gasteiger partial charge >= 0.3 is 0 Å². The molecule has 0 aromatic heterocycles. The van der Waals surface area contributed by atoms with Crippen molar-refractivity contribution in [1.82, 2.24) is 10.6 Å². The second kappa shape index (κ2) is 7.64. The van der Waals surface area contributed by atoms with E-state index in [-0.39, 0.29) is 5.91 Å². The molecule has 2 aromatic rings. The molecule has 0 atom stereocenters. The largest absolute Gasteiger partial charge is 0.492 e. The second-order valence-corrected chi connectivity index (χ2v) is 6.06. The van der Waals surface area contributed by atoms with Gasteiger partial charge in [-0.05, 0) is 48.8 Å². The average Bonchev–Trinajstić information content (AvgIpc) is 2.65. The van der Waals surface area contributed by atoms with Gasteiger partial charge in [0.25, 0.3) is 5.91 Å². The van der Waals surface area contributed by atoms with Gasteiger partial charge < -0.3 is 20.1 Å². The SMILES string of the molecule is COC1(C(=O)NCCOc2ccc3ccccc3c2)CCNCC1. The Morgan fingerprint density at radius 1 is 1.17 bits per heavy atom. The lowest BCUT2D eigenvalue weighted by molar-refractivity contribution is -0.146. The molecule has 5 heteroatoms. The first-order valence-electron chi connectivity index (χ1n) is 8.39. The lowest BCUT2D eigenvalue weighted by Crippen LogP contribution is -2.54. The van der Waals surface area contributed by atoms with Gasteiger partial charge in [-0.15, -0.1) is 0 Å². The monoisotopic (exact) mass is 328 g/mol. The maximum atomic E-state index is 12.4. The Labute approximate surface area is 142 Å². The third kappa shape index (κ3) is 3.68. The van der Waals surface area contributed by atoms with Gasteiger partial charge in [0.1, 0.15) is 18.0 Å². The fourth-order valence-electron chi connectivity index (χ4n) is 3.11. The third-order valence-corrected chi connectivity index (χ3v) is 4.59. The normalized spacial score (nSPS) is 16.7. The Kier molecular flexibility index (Phi) is 5.33. The van der Waals surface area contributed by atoms with Crippen LogP contribution in [-0.4, -0.2) is 44.9 Å². The lowest BCUT2D eigenvalue weighted by atomic mass is 9.91. The number of rotatable bonds is 6. The number of methoxy groups -OCH3 is 1. The molecule has 1 amide bonds. The molecule has 0 saturated carbocycles. The zero-order valence-corrected chi connectivity index (χ0v) is 14.0. The predicted octanol–water partition coefficient (Wildman–Crippen LogP) is 2.10. The van der Waals surface area contributed by atoms with Crippen LogP contribution < -0.4 is 15.4 Å². The summed E-state index contributed by atoms with van der Waals surface area (Å²) in [5, 5.41) is 8.51. The number of nitrogens with one attached hydrogen (secondary N) is 2. The predicted molar refractivity (Wildman–Crippen MR) is 94.3 cm³/mol. The Bertz CT molecular complexity index is 696. The molecule has 0 bridgehead atoms. The van der Waals surface area contributed by atoms with Gasteiger partial charge in [-0.25, -0.2) is 0 Å². The first-order chi connectivity index (χ1) is 11.7. The Morgan fingerprint density at radius 3 is 2.67 bits per heavy atom. The van der Waals surface area contributed by atoms with Gasteiger partial charge in [-0.1, -0.05) is 30.3 Å². The molecule has 0 unspecified atom stereocenters. The summed E-state index contributed by atoms with van der Waals surface area (Å²) in [4.78, 5) is 12.4. The number of hydrogen-bond acceptors (Lipinski definition) is 4. The standard InChI is InChI=1S/C19H24N2O3/c1-23-19(8-10-20-11-9-19)18(22)21-12-13-24-17-7-6-15-4-2-3-5-16(15)14-17/h2-7,14,20H,8-13H2,1H3,(H,21,22). The maximum Gasteiger partial charge on any atom is 0.252 e. The van der Waals surface area contributed by atoms with Crippen molar-refractivity contribution >= 4 is 16.7 Å². The molecule has 24 heavy (non-hydrogen) atoms. The van der Waals surface area contributed by atoms with Crippen molar-refractivity contribution in [2.24, 2.45) is 0 Å². The molecule has 1 aliphatic heterocycles. The molecule has 2 N–H and O–H groups in total. The summed E-state index contributed by atoms with van der Waals surface area (Å²) < 4.78 is 11.3. The van der Waals surface area contributed by atoms with E-state index in [0.29, 0.717) is 26.0 Å². The van der Waals surface area contributed by atoms with E-state index in [1.54, 1.807) is 7.11 Å². The summed E-state index contributed by atoms with van der Waals surface area (Å²) in [6.07, 6.45) is 1.39. The minimum absolute atomic E-state index is 0.0476. The van der Waals surface area contributed by atoms with Gasteiger partial charge in [0.15, 0.2) is 0 Å². The number of carbonyl (C=O) groups is 1. The van der Waals surface area contributed by atoms with Gasteiger partial charge in [-0.2, -0.15) is 0 Å².